The molecule has 0 aliphatic carbocycles. The number of rotatable bonds is 4. The lowest BCUT2D eigenvalue weighted by molar-refractivity contribution is 0.0801. The Balaban J connectivity index is 1.89. The summed E-state index contributed by atoms with van der Waals surface area (Å²) in [5.74, 6) is 0.117. The minimum absolute atomic E-state index is 0.117. The Hall–Kier alpha value is -1.13. The Morgan fingerprint density at radius 1 is 1.25 bits per heavy atom. The van der Waals surface area contributed by atoms with Gasteiger partial charge in [-0.25, -0.2) is 0 Å². The number of nitrogens with zero attached hydrogens (tertiary/aromatic N) is 1. The fourth-order valence-corrected chi connectivity index (χ4v) is 2.84. The predicted molar refractivity (Wildman–Crippen MR) is 69.3 cm³/mol. The highest BCUT2D eigenvalue weighted by molar-refractivity contribution is 7.12. The van der Waals surface area contributed by atoms with Gasteiger partial charge in [0.2, 0.25) is 0 Å². The van der Waals surface area contributed by atoms with E-state index in [1.54, 1.807) is 16.2 Å². The molecule has 0 N–H and O–H groups in total. The maximum Gasteiger partial charge on any atom is 0.263 e. The number of hydrogen-bond acceptors (Lipinski definition) is 3. The number of carbonyl (C=O) groups is 1. The molecular formula is C12H13NOS2. The van der Waals surface area contributed by atoms with Crippen LogP contribution in [0.4, 0.5) is 0 Å². The molecule has 2 aromatic heterocycles. The van der Waals surface area contributed by atoms with Crippen LogP contribution in [0.2, 0.25) is 0 Å². The summed E-state index contributed by atoms with van der Waals surface area (Å²) in [6.07, 6.45) is 0.936. The molecule has 84 valence electrons. The lowest BCUT2D eigenvalue weighted by Gasteiger charge is -2.15. The summed E-state index contributed by atoms with van der Waals surface area (Å²) in [6, 6.07) is 7.93. The van der Waals surface area contributed by atoms with E-state index >= 15 is 0 Å². The lowest BCUT2D eigenvalue weighted by atomic mass is 10.3. The number of hydrogen-bond donors (Lipinski definition) is 0. The zero-order valence-electron chi connectivity index (χ0n) is 9.05. The molecule has 0 saturated carbocycles. The summed E-state index contributed by atoms with van der Waals surface area (Å²) in [5.41, 5.74) is 0. The van der Waals surface area contributed by atoms with E-state index in [9.17, 15) is 4.79 Å². The van der Waals surface area contributed by atoms with Crippen LogP contribution in [0.5, 0.6) is 0 Å². The summed E-state index contributed by atoms with van der Waals surface area (Å²) in [6.45, 7) is 0.775. The van der Waals surface area contributed by atoms with Crippen molar-refractivity contribution in [1.29, 1.82) is 0 Å². The smallest absolute Gasteiger partial charge is 0.263 e. The second kappa shape index (κ2) is 5.27. The minimum Gasteiger partial charge on any atom is -0.341 e. The topological polar surface area (TPSA) is 20.3 Å². The van der Waals surface area contributed by atoms with Gasteiger partial charge in [-0.1, -0.05) is 12.1 Å². The highest BCUT2D eigenvalue weighted by Crippen LogP contribution is 2.13. The molecule has 0 fully saturated rings. The third-order valence-corrected chi connectivity index (χ3v) is 4.15. The molecule has 2 heterocycles. The number of thiophene rings is 2. The summed E-state index contributed by atoms with van der Waals surface area (Å²) in [7, 11) is 1.86. The first-order valence-corrected chi connectivity index (χ1v) is 6.84. The molecule has 0 aromatic carbocycles. The second-order valence-electron chi connectivity index (χ2n) is 3.53. The van der Waals surface area contributed by atoms with E-state index in [-0.39, 0.29) is 5.91 Å². The fourth-order valence-electron chi connectivity index (χ4n) is 1.42. The normalized spacial score (nSPS) is 10.3. The molecule has 0 aliphatic rings. The van der Waals surface area contributed by atoms with Crippen molar-refractivity contribution in [2.75, 3.05) is 13.6 Å². The van der Waals surface area contributed by atoms with Crippen molar-refractivity contribution in [3.8, 4) is 0 Å². The van der Waals surface area contributed by atoms with Crippen LogP contribution in [-0.2, 0) is 6.42 Å². The predicted octanol–water partition coefficient (Wildman–Crippen LogP) is 3.12. The first-order chi connectivity index (χ1) is 7.77. The van der Waals surface area contributed by atoms with E-state index < -0.39 is 0 Å². The van der Waals surface area contributed by atoms with Crippen molar-refractivity contribution in [2.45, 2.75) is 6.42 Å². The monoisotopic (exact) mass is 251 g/mol. The second-order valence-corrected chi connectivity index (χ2v) is 5.51. The number of carbonyl (C=O) groups excluding carboxylic acids is 1. The van der Waals surface area contributed by atoms with Gasteiger partial charge in [-0.15, -0.1) is 22.7 Å². The highest BCUT2D eigenvalue weighted by atomic mass is 32.1. The molecule has 4 heteroatoms. The first kappa shape index (κ1) is 11.4. The quantitative estimate of drug-likeness (QED) is 0.817. The van der Waals surface area contributed by atoms with Gasteiger partial charge >= 0.3 is 0 Å². The summed E-state index contributed by atoms with van der Waals surface area (Å²) in [4.78, 5) is 15.8. The van der Waals surface area contributed by atoms with E-state index in [0.29, 0.717) is 0 Å². The largest absolute Gasteiger partial charge is 0.341 e. The van der Waals surface area contributed by atoms with Gasteiger partial charge < -0.3 is 4.90 Å². The van der Waals surface area contributed by atoms with Crippen LogP contribution in [-0.4, -0.2) is 24.4 Å². The molecular weight excluding hydrogens is 238 g/mol. The van der Waals surface area contributed by atoms with Crippen LogP contribution in [0.25, 0.3) is 0 Å². The van der Waals surface area contributed by atoms with E-state index in [2.05, 4.69) is 11.4 Å². The molecule has 0 atom stereocenters. The van der Waals surface area contributed by atoms with Crippen LogP contribution in [0.3, 0.4) is 0 Å². The molecule has 0 unspecified atom stereocenters. The van der Waals surface area contributed by atoms with Gasteiger partial charge in [0.15, 0.2) is 0 Å². The van der Waals surface area contributed by atoms with E-state index in [1.807, 2.05) is 30.6 Å². The number of amides is 1. The molecule has 0 bridgehead atoms. The minimum atomic E-state index is 0.117. The summed E-state index contributed by atoms with van der Waals surface area (Å²) >= 11 is 3.23. The van der Waals surface area contributed by atoms with Crippen LogP contribution in [0.1, 0.15) is 14.5 Å². The zero-order valence-corrected chi connectivity index (χ0v) is 10.7. The zero-order chi connectivity index (χ0) is 11.4. The average molecular weight is 251 g/mol. The van der Waals surface area contributed by atoms with Crippen molar-refractivity contribution < 1.29 is 4.79 Å². The Labute approximate surface area is 103 Å². The van der Waals surface area contributed by atoms with Crippen LogP contribution in [0, 0.1) is 0 Å². The van der Waals surface area contributed by atoms with Gasteiger partial charge in [0, 0.05) is 18.5 Å². The van der Waals surface area contributed by atoms with E-state index in [4.69, 9.17) is 0 Å². The highest BCUT2D eigenvalue weighted by Gasteiger charge is 2.11. The standard InChI is InChI=1S/C12H13NOS2/c1-13(7-6-10-4-2-8-15-10)12(14)11-5-3-9-16-11/h2-5,8-9H,6-7H2,1H3. The molecule has 2 aromatic rings. The lowest BCUT2D eigenvalue weighted by Crippen LogP contribution is -2.27. The average Bonchev–Trinajstić information content (AvgIpc) is 2.96. The SMILES string of the molecule is CN(CCc1cccs1)C(=O)c1cccs1. The van der Waals surface area contributed by atoms with Crippen molar-refractivity contribution in [1.82, 2.24) is 4.90 Å². The Morgan fingerprint density at radius 2 is 2.00 bits per heavy atom. The maximum absolute atomic E-state index is 11.9. The van der Waals surface area contributed by atoms with Gasteiger partial charge in [-0.05, 0) is 29.3 Å². The molecule has 2 rings (SSSR count). The molecule has 0 spiro atoms. The van der Waals surface area contributed by atoms with Crippen LogP contribution < -0.4 is 0 Å². The fraction of sp³-hybridized carbons (Fsp3) is 0.250. The number of likely N-dealkylation sites (N-methyl/N-ethyl adjacent to an activating group) is 1. The van der Waals surface area contributed by atoms with Gasteiger partial charge in [0.05, 0.1) is 4.88 Å². The maximum atomic E-state index is 11.9. The first-order valence-electron chi connectivity index (χ1n) is 5.09. The molecule has 0 aliphatic heterocycles. The van der Waals surface area contributed by atoms with E-state index in [0.717, 1.165) is 17.8 Å². The molecule has 16 heavy (non-hydrogen) atoms. The molecule has 2 nitrogen and oxygen atoms in total. The Morgan fingerprint density at radius 3 is 2.62 bits per heavy atom. The van der Waals surface area contributed by atoms with Crippen LogP contribution >= 0.6 is 22.7 Å². The van der Waals surface area contributed by atoms with Gasteiger partial charge in [0.25, 0.3) is 5.91 Å². The summed E-state index contributed by atoms with van der Waals surface area (Å²) in [5, 5.41) is 4.00. The van der Waals surface area contributed by atoms with Crippen molar-refractivity contribution in [3.63, 3.8) is 0 Å². The molecule has 1 amide bonds. The Kier molecular flexibility index (Phi) is 3.74. The van der Waals surface area contributed by atoms with E-state index in [1.165, 1.54) is 16.2 Å². The van der Waals surface area contributed by atoms with Gasteiger partial charge in [-0.2, -0.15) is 0 Å². The van der Waals surface area contributed by atoms with Crippen molar-refractivity contribution in [2.24, 2.45) is 0 Å². The van der Waals surface area contributed by atoms with Gasteiger partial charge in [0.1, 0.15) is 0 Å². The van der Waals surface area contributed by atoms with Gasteiger partial charge in [-0.3, -0.25) is 4.79 Å². The third-order valence-electron chi connectivity index (χ3n) is 2.35. The third kappa shape index (κ3) is 2.71. The molecule has 0 radical (unpaired) electrons. The van der Waals surface area contributed by atoms with Crippen molar-refractivity contribution in [3.05, 3.63) is 44.8 Å². The summed E-state index contributed by atoms with van der Waals surface area (Å²) < 4.78 is 0. The Bertz CT molecular complexity index is 434. The van der Waals surface area contributed by atoms with Crippen molar-refractivity contribution >= 4 is 28.6 Å². The molecule has 0 saturated heterocycles. The van der Waals surface area contributed by atoms with Crippen LogP contribution in [0.15, 0.2) is 35.0 Å².